The van der Waals surface area contributed by atoms with Crippen molar-refractivity contribution in [2.75, 3.05) is 26.3 Å². The van der Waals surface area contributed by atoms with Gasteiger partial charge in [0, 0.05) is 13.2 Å². The predicted molar refractivity (Wildman–Crippen MR) is 63.2 cm³/mol. The van der Waals surface area contributed by atoms with E-state index in [-0.39, 0.29) is 15.8 Å². The molecule has 0 amide bonds. The van der Waals surface area contributed by atoms with Gasteiger partial charge in [0.05, 0.1) is 0 Å². The Hall–Kier alpha value is 0.629. The van der Waals surface area contributed by atoms with Crippen LogP contribution in [0.15, 0.2) is 0 Å². The van der Waals surface area contributed by atoms with Crippen LogP contribution in [0.1, 0.15) is 12.8 Å². The fraction of sp³-hybridized carbons (Fsp3) is 1.00. The first kappa shape index (κ1) is 12.7. The number of nitrogens with zero attached hydrogens (tertiary/aromatic N) is 1. The maximum absolute atomic E-state index is 5.81. The number of hydrogen-bond donors (Lipinski definition) is 0. The second-order valence-electron chi connectivity index (χ2n) is 4.82. The minimum absolute atomic E-state index is 0.351. The molecule has 1 fully saturated rings. The molecule has 1 aliphatic rings. The van der Waals surface area contributed by atoms with Crippen molar-refractivity contribution in [3.63, 3.8) is 0 Å². The fourth-order valence-electron chi connectivity index (χ4n) is 1.49. The van der Waals surface area contributed by atoms with Crippen molar-refractivity contribution in [2.24, 2.45) is 0 Å². The van der Waals surface area contributed by atoms with Crippen molar-refractivity contribution in [3.05, 3.63) is 0 Å². The Kier molecular flexibility index (Phi) is 5.68. The molecule has 0 aliphatic carbocycles. The van der Waals surface area contributed by atoms with Crippen molar-refractivity contribution in [2.45, 2.75) is 32.5 Å². The molecule has 5 heteroatoms. The Bertz CT molecular complexity index is 157. The van der Waals surface area contributed by atoms with E-state index in [2.05, 4.69) is 23.5 Å². The summed E-state index contributed by atoms with van der Waals surface area (Å²) in [5.41, 5.74) is 0. The quantitative estimate of drug-likeness (QED) is 0.524. The SMILES string of the molecule is C[Si](C)(C)OCCC[N]1CCC[O][AlH]1. The van der Waals surface area contributed by atoms with Gasteiger partial charge in [-0.2, -0.15) is 0 Å². The standard InChI is InChI=1S/C9H21NO2Si.Al.H/c1-13(2,3)12-9-5-7-10-6-4-8-11;;/h4-9H2,1-3H3;;/q-2;+2;. The number of hydrogen-bond acceptors (Lipinski definition) is 3. The van der Waals surface area contributed by atoms with Gasteiger partial charge in [-0.25, -0.2) is 0 Å². The average Bonchev–Trinajstić information content (AvgIpc) is 2.13. The Morgan fingerprint density at radius 3 is 2.79 bits per heavy atom. The predicted octanol–water partition coefficient (Wildman–Crippen LogP) is 1.22. The first-order valence-corrected chi connectivity index (χ1v) is 10.1. The van der Waals surface area contributed by atoms with Gasteiger partial charge in [-0.1, -0.05) is 0 Å². The van der Waals surface area contributed by atoms with E-state index >= 15 is 0 Å². The van der Waals surface area contributed by atoms with E-state index in [1.807, 2.05) is 0 Å². The van der Waals surface area contributed by atoms with Crippen LogP contribution >= 0.6 is 0 Å². The molecule has 0 aromatic carbocycles. The summed E-state index contributed by atoms with van der Waals surface area (Å²) in [6.07, 6.45) is 2.38. The van der Waals surface area contributed by atoms with Crippen molar-refractivity contribution < 1.29 is 8.21 Å². The molecule has 0 saturated carbocycles. The molecule has 0 N–H and O–H groups in total. The zero-order valence-corrected chi connectivity index (χ0v) is 12.1. The highest BCUT2D eigenvalue weighted by Gasteiger charge is 2.16. The highest BCUT2D eigenvalue weighted by Crippen LogP contribution is 2.04. The zero-order chi connectivity index (χ0) is 10.4. The molecular weight excluding hydrogens is 209 g/mol. The third kappa shape index (κ3) is 6.18. The monoisotopic (exact) mass is 231 g/mol. The topological polar surface area (TPSA) is 21.7 Å². The van der Waals surface area contributed by atoms with Crippen LogP contribution in [0.25, 0.3) is 0 Å². The summed E-state index contributed by atoms with van der Waals surface area (Å²) in [6.45, 7) is 11.1. The Morgan fingerprint density at radius 1 is 1.43 bits per heavy atom. The van der Waals surface area contributed by atoms with Crippen LogP contribution < -0.4 is 0 Å². The van der Waals surface area contributed by atoms with E-state index in [1.54, 1.807) is 0 Å². The molecule has 1 rings (SSSR count). The van der Waals surface area contributed by atoms with Gasteiger partial charge in [-0.3, -0.25) is 0 Å². The van der Waals surface area contributed by atoms with Crippen LogP contribution in [0.5, 0.6) is 0 Å². The highest BCUT2D eigenvalue weighted by molar-refractivity contribution is 6.69. The van der Waals surface area contributed by atoms with Crippen molar-refractivity contribution in [1.82, 2.24) is 3.88 Å². The smallest absolute Gasteiger partial charge is 0.491 e. The van der Waals surface area contributed by atoms with Crippen LogP contribution in [-0.4, -0.2) is 54.3 Å². The molecule has 1 heterocycles. The first-order chi connectivity index (χ1) is 6.58. The minimum atomic E-state index is -1.28. The van der Waals surface area contributed by atoms with Gasteiger partial charge in [0.1, 0.15) is 0 Å². The summed E-state index contributed by atoms with van der Waals surface area (Å²) in [5, 5.41) is 0. The Balaban J connectivity index is 1.97. The van der Waals surface area contributed by atoms with Crippen LogP contribution in [0, 0.1) is 0 Å². The lowest BCUT2D eigenvalue weighted by atomic mass is 10.4. The van der Waals surface area contributed by atoms with E-state index in [1.165, 1.54) is 25.9 Å². The fourth-order valence-corrected chi connectivity index (χ4v) is 3.54. The number of rotatable bonds is 5. The van der Waals surface area contributed by atoms with E-state index in [0.717, 1.165) is 13.2 Å². The van der Waals surface area contributed by atoms with Gasteiger partial charge >= 0.3 is 15.8 Å². The highest BCUT2D eigenvalue weighted by atomic mass is 28.4. The minimum Gasteiger partial charge on any atom is -0.491 e. The second-order valence-corrected chi connectivity index (χ2v) is 10.9. The van der Waals surface area contributed by atoms with Gasteiger partial charge in [-0.05, 0) is 45.6 Å². The van der Waals surface area contributed by atoms with Crippen LogP contribution in [0.3, 0.4) is 0 Å². The van der Waals surface area contributed by atoms with Gasteiger partial charge in [0.2, 0.25) is 0 Å². The van der Waals surface area contributed by atoms with Crippen LogP contribution in [0.2, 0.25) is 19.6 Å². The van der Waals surface area contributed by atoms with Crippen molar-refractivity contribution in [1.29, 1.82) is 0 Å². The molecule has 0 spiro atoms. The molecule has 0 radical (unpaired) electrons. The summed E-state index contributed by atoms with van der Waals surface area (Å²) < 4.78 is 13.8. The van der Waals surface area contributed by atoms with Gasteiger partial charge in [0.15, 0.2) is 8.32 Å². The second kappa shape index (κ2) is 6.26. The van der Waals surface area contributed by atoms with E-state index in [0.29, 0.717) is 0 Å². The molecule has 1 aliphatic heterocycles. The molecule has 0 bridgehead atoms. The lowest BCUT2D eigenvalue weighted by Crippen LogP contribution is -2.37. The molecular formula is C9H22AlNO2Si. The largest absolute Gasteiger partial charge is 0.554 e. The van der Waals surface area contributed by atoms with Crippen molar-refractivity contribution in [3.8, 4) is 0 Å². The van der Waals surface area contributed by atoms with E-state index < -0.39 is 8.32 Å². The summed E-state index contributed by atoms with van der Waals surface area (Å²) in [4.78, 5) is 0. The molecule has 0 unspecified atom stereocenters. The molecule has 3 nitrogen and oxygen atoms in total. The maximum atomic E-state index is 5.81. The first-order valence-electron chi connectivity index (χ1n) is 5.52. The normalized spacial score (nSPS) is 19.4. The lowest BCUT2D eigenvalue weighted by Gasteiger charge is -2.26. The Morgan fingerprint density at radius 2 is 2.21 bits per heavy atom. The van der Waals surface area contributed by atoms with Crippen molar-refractivity contribution >= 4 is 24.1 Å². The van der Waals surface area contributed by atoms with E-state index in [9.17, 15) is 0 Å². The lowest BCUT2D eigenvalue weighted by molar-refractivity contribution is 0.208. The summed E-state index contributed by atoms with van der Waals surface area (Å²) in [6, 6.07) is 0. The third-order valence-corrected chi connectivity index (χ3v) is 4.73. The van der Waals surface area contributed by atoms with Gasteiger partial charge < -0.3 is 12.1 Å². The molecule has 0 aromatic heterocycles. The molecule has 0 aromatic rings. The van der Waals surface area contributed by atoms with Crippen LogP contribution in [-0.2, 0) is 8.21 Å². The zero-order valence-electron chi connectivity index (χ0n) is 9.71. The molecule has 1 saturated heterocycles. The van der Waals surface area contributed by atoms with E-state index in [4.69, 9.17) is 8.21 Å². The van der Waals surface area contributed by atoms with Crippen LogP contribution in [0.4, 0.5) is 0 Å². The summed E-state index contributed by atoms with van der Waals surface area (Å²) in [7, 11) is -1.28. The third-order valence-electron chi connectivity index (χ3n) is 2.19. The molecule has 0 atom stereocenters. The average molecular weight is 231 g/mol. The molecule has 82 valence electrons. The Labute approximate surface area is 95.2 Å². The van der Waals surface area contributed by atoms with Gasteiger partial charge in [0.25, 0.3) is 0 Å². The summed E-state index contributed by atoms with van der Waals surface area (Å²) >= 11 is -0.351. The maximum Gasteiger partial charge on any atom is 0.554 e. The molecule has 14 heavy (non-hydrogen) atoms. The van der Waals surface area contributed by atoms with Gasteiger partial charge in [-0.15, -0.1) is 0 Å². The summed E-state index contributed by atoms with van der Waals surface area (Å²) in [5.74, 6) is 0.